The number of halogens is 5. The number of benzene rings is 1. The van der Waals surface area contributed by atoms with Crippen LogP contribution in [0.5, 0.6) is 5.88 Å². The molecule has 1 aliphatic rings. The predicted octanol–water partition coefficient (Wildman–Crippen LogP) is 4.71. The van der Waals surface area contributed by atoms with E-state index in [1.807, 2.05) is 0 Å². The Morgan fingerprint density at radius 1 is 1.19 bits per heavy atom. The summed E-state index contributed by atoms with van der Waals surface area (Å²) in [6.07, 6.45) is -5.06. The van der Waals surface area contributed by atoms with Crippen LogP contribution < -0.4 is 10.1 Å². The second kappa shape index (κ2) is 8.64. The van der Waals surface area contributed by atoms with Gasteiger partial charge in [0.05, 0.1) is 10.5 Å². The quantitative estimate of drug-likeness (QED) is 0.629. The molecule has 1 amide bonds. The van der Waals surface area contributed by atoms with Crippen molar-refractivity contribution in [2.24, 2.45) is 0 Å². The highest BCUT2D eigenvalue weighted by Gasteiger charge is 2.37. The lowest BCUT2D eigenvalue weighted by atomic mass is 9.94. The molecule has 1 aliphatic carbocycles. The van der Waals surface area contributed by atoms with Crippen LogP contribution in [0.2, 0.25) is 0 Å². The van der Waals surface area contributed by atoms with Crippen molar-refractivity contribution in [2.75, 3.05) is 11.6 Å². The summed E-state index contributed by atoms with van der Waals surface area (Å²) in [6.45, 7) is 0. The molecule has 1 saturated carbocycles. The van der Waals surface area contributed by atoms with Crippen LogP contribution >= 0.6 is 0 Å². The molecule has 1 N–H and O–H groups in total. The number of pyridine rings is 1. The topological polar surface area (TPSA) is 85.4 Å². The van der Waals surface area contributed by atoms with Gasteiger partial charge in [0.1, 0.15) is 11.7 Å². The van der Waals surface area contributed by atoms with E-state index in [1.165, 1.54) is 18.2 Å². The van der Waals surface area contributed by atoms with Gasteiger partial charge in [0.15, 0.2) is 9.84 Å². The molecule has 0 saturated heterocycles. The summed E-state index contributed by atoms with van der Waals surface area (Å²) in [5.74, 6) is -4.28. The molecule has 0 aliphatic heterocycles. The highest BCUT2D eigenvalue weighted by molar-refractivity contribution is 7.90. The molecule has 0 unspecified atom stereocenters. The van der Waals surface area contributed by atoms with Crippen LogP contribution in [0, 0.1) is 0 Å². The van der Waals surface area contributed by atoms with Crippen molar-refractivity contribution in [1.82, 2.24) is 4.98 Å². The molecule has 1 aromatic carbocycles. The molecule has 6 nitrogen and oxygen atoms in total. The maximum absolute atomic E-state index is 13.4. The molecular weight excluding hydrogens is 459 g/mol. The van der Waals surface area contributed by atoms with Gasteiger partial charge in [0, 0.05) is 31.0 Å². The number of alkyl halides is 5. The normalized spacial score (nSPS) is 17.1. The Balaban J connectivity index is 1.89. The number of aromatic nitrogens is 1. The van der Waals surface area contributed by atoms with Crippen molar-refractivity contribution < 1.29 is 39.9 Å². The largest absolute Gasteiger partial charge is 0.474 e. The van der Waals surface area contributed by atoms with Crippen LogP contribution in [0.3, 0.4) is 0 Å². The molecule has 0 radical (unpaired) electrons. The number of ether oxygens (including phenoxy) is 1. The lowest BCUT2D eigenvalue weighted by Gasteiger charge is -2.28. The molecular formula is C20H19F5N2O4S. The Morgan fingerprint density at radius 2 is 1.84 bits per heavy atom. The number of rotatable bonds is 5. The number of nitrogens with zero attached hydrogens (tertiary/aromatic N) is 1. The van der Waals surface area contributed by atoms with Crippen LogP contribution in [0.25, 0.3) is 0 Å². The molecule has 3 rings (SSSR count). The second-order valence-corrected chi connectivity index (χ2v) is 9.52. The third-order valence-corrected chi connectivity index (χ3v) is 6.00. The number of hydrogen-bond acceptors (Lipinski definition) is 5. The van der Waals surface area contributed by atoms with Gasteiger partial charge >= 0.3 is 6.18 Å². The van der Waals surface area contributed by atoms with Crippen LogP contribution in [-0.4, -0.2) is 37.6 Å². The van der Waals surface area contributed by atoms with E-state index in [0.29, 0.717) is 12.3 Å². The summed E-state index contributed by atoms with van der Waals surface area (Å²) in [4.78, 5) is 16.3. The zero-order valence-corrected chi connectivity index (χ0v) is 17.6. The van der Waals surface area contributed by atoms with Crippen LogP contribution in [0.4, 0.5) is 27.6 Å². The number of anilines is 1. The zero-order valence-electron chi connectivity index (χ0n) is 16.7. The molecule has 1 aromatic heterocycles. The first-order valence-electron chi connectivity index (χ1n) is 9.48. The first-order chi connectivity index (χ1) is 14.7. The number of hydrogen-bond donors (Lipinski definition) is 1. The zero-order chi connectivity index (χ0) is 23.7. The van der Waals surface area contributed by atoms with E-state index in [4.69, 9.17) is 4.74 Å². The monoisotopic (exact) mass is 478 g/mol. The number of nitrogens with one attached hydrogen (secondary N) is 1. The Morgan fingerprint density at radius 3 is 2.44 bits per heavy atom. The lowest BCUT2D eigenvalue weighted by Crippen LogP contribution is -2.31. The molecule has 12 heteroatoms. The van der Waals surface area contributed by atoms with E-state index >= 15 is 0 Å². The van der Waals surface area contributed by atoms with Crippen LogP contribution in [0.15, 0.2) is 41.4 Å². The standard InChI is InChI=1S/C20H19F5N2O4S/c1-32(29,30)15-4-2-3-13(10-15)27-17(28)16-9-12(20(23,24)25)11-26-18(16)31-14-5-7-19(21,22)8-6-14/h2-4,9-11,14H,5-8H2,1H3,(H,27,28). The average molecular weight is 478 g/mol. The second-order valence-electron chi connectivity index (χ2n) is 7.50. The SMILES string of the molecule is CS(=O)(=O)c1cccc(NC(=O)c2cc(C(F)(F)F)cnc2OC2CCC(F)(F)CC2)c1. The van der Waals surface area contributed by atoms with Gasteiger partial charge in [-0.05, 0) is 37.1 Å². The van der Waals surface area contributed by atoms with Gasteiger partial charge in [-0.1, -0.05) is 6.07 Å². The highest BCUT2D eigenvalue weighted by Crippen LogP contribution is 2.36. The maximum Gasteiger partial charge on any atom is 0.417 e. The lowest BCUT2D eigenvalue weighted by molar-refractivity contribution is -0.137. The summed E-state index contributed by atoms with van der Waals surface area (Å²) >= 11 is 0. The highest BCUT2D eigenvalue weighted by atomic mass is 32.2. The fourth-order valence-corrected chi connectivity index (χ4v) is 3.82. The Bertz CT molecular complexity index is 1110. The molecule has 2 aromatic rings. The van der Waals surface area contributed by atoms with Crippen LogP contribution in [-0.2, 0) is 16.0 Å². The van der Waals surface area contributed by atoms with Gasteiger partial charge in [-0.3, -0.25) is 4.79 Å². The van der Waals surface area contributed by atoms with Crippen molar-refractivity contribution >= 4 is 21.4 Å². The van der Waals surface area contributed by atoms with E-state index in [2.05, 4.69) is 10.3 Å². The number of carbonyl (C=O) groups is 1. The van der Waals surface area contributed by atoms with E-state index in [1.54, 1.807) is 0 Å². The van der Waals surface area contributed by atoms with E-state index in [9.17, 15) is 35.2 Å². The van der Waals surface area contributed by atoms with Crippen molar-refractivity contribution in [3.8, 4) is 5.88 Å². The first kappa shape index (κ1) is 23.9. The number of carbonyl (C=O) groups excluding carboxylic acids is 1. The van der Waals surface area contributed by atoms with E-state index < -0.39 is 63.8 Å². The fourth-order valence-electron chi connectivity index (χ4n) is 3.16. The smallest absolute Gasteiger partial charge is 0.417 e. The molecule has 1 heterocycles. The first-order valence-corrected chi connectivity index (χ1v) is 11.4. The minimum Gasteiger partial charge on any atom is -0.474 e. The molecule has 0 spiro atoms. The van der Waals surface area contributed by atoms with E-state index in [0.717, 1.165) is 12.3 Å². The predicted molar refractivity (Wildman–Crippen MR) is 105 cm³/mol. The van der Waals surface area contributed by atoms with Gasteiger partial charge in [-0.2, -0.15) is 13.2 Å². The summed E-state index contributed by atoms with van der Waals surface area (Å²) in [6, 6.07) is 5.71. The maximum atomic E-state index is 13.4. The van der Waals surface area contributed by atoms with Gasteiger partial charge in [0.25, 0.3) is 5.91 Å². The molecule has 1 fully saturated rings. The van der Waals surface area contributed by atoms with Crippen molar-refractivity contribution in [3.63, 3.8) is 0 Å². The summed E-state index contributed by atoms with van der Waals surface area (Å²) in [5, 5.41) is 2.33. The minimum absolute atomic E-state index is 0.0265. The van der Waals surface area contributed by atoms with Gasteiger partial charge in [0.2, 0.25) is 11.8 Å². The number of sulfone groups is 1. The molecule has 32 heavy (non-hydrogen) atoms. The van der Waals surface area contributed by atoms with E-state index in [-0.39, 0.29) is 23.4 Å². The summed E-state index contributed by atoms with van der Waals surface area (Å²) < 4.78 is 95.1. The third kappa shape index (κ3) is 5.93. The third-order valence-electron chi connectivity index (χ3n) is 4.89. The van der Waals surface area contributed by atoms with Gasteiger partial charge in [-0.25, -0.2) is 22.2 Å². The van der Waals surface area contributed by atoms with Crippen LogP contribution in [0.1, 0.15) is 41.6 Å². The summed E-state index contributed by atoms with van der Waals surface area (Å²) in [5.41, 5.74) is -1.73. The fraction of sp³-hybridized carbons (Fsp3) is 0.400. The van der Waals surface area contributed by atoms with Gasteiger partial charge in [-0.15, -0.1) is 0 Å². The van der Waals surface area contributed by atoms with Gasteiger partial charge < -0.3 is 10.1 Å². The minimum atomic E-state index is -4.79. The Labute approximate surface area is 180 Å². The molecule has 174 valence electrons. The van der Waals surface area contributed by atoms with Crippen molar-refractivity contribution in [2.45, 2.75) is 48.8 Å². The number of amides is 1. The summed E-state index contributed by atoms with van der Waals surface area (Å²) in [7, 11) is -3.59. The Kier molecular flexibility index (Phi) is 6.45. The Hall–Kier alpha value is -2.76. The molecule has 0 bridgehead atoms. The van der Waals surface area contributed by atoms with Crippen molar-refractivity contribution in [1.29, 1.82) is 0 Å². The average Bonchev–Trinajstić information content (AvgIpc) is 2.68. The van der Waals surface area contributed by atoms with Crippen molar-refractivity contribution in [3.05, 3.63) is 47.7 Å². The molecule has 0 atom stereocenters.